The predicted molar refractivity (Wildman–Crippen MR) is 44.2 cm³/mol. The molecule has 2 aliphatic rings. The standard InChI is InChI=1S/C9H15NO2/c1-10(12-2)8(11)9(5-6-9)7-3-4-7/h7H,3-6H2,1-2H3. The third-order valence-electron chi connectivity index (χ3n) is 3.13. The Morgan fingerprint density at radius 2 is 2.08 bits per heavy atom. The minimum Gasteiger partial charge on any atom is -0.275 e. The van der Waals surface area contributed by atoms with Crippen LogP contribution in [0.3, 0.4) is 0 Å². The topological polar surface area (TPSA) is 29.5 Å². The fraction of sp³-hybridized carbons (Fsp3) is 0.889. The first kappa shape index (κ1) is 8.05. The van der Waals surface area contributed by atoms with Gasteiger partial charge in [-0.15, -0.1) is 0 Å². The van der Waals surface area contributed by atoms with Crippen LogP contribution in [0, 0.1) is 11.3 Å². The molecule has 1 amide bonds. The molecule has 2 saturated carbocycles. The Morgan fingerprint density at radius 1 is 1.50 bits per heavy atom. The van der Waals surface area contributed by atoms with Crippen LogP contribution in [0.25, 0.3) is 0 Å². The van der Waals surface area contributed by atoms with Gasteiger partial charge in [0.05, 0.1) is 12.5 Å². The van der Waals surface area contributed by atoms with Gasteiger partial charge in [0.2, 0.25) is 0 Å². The molecule has 0 N–H and O–H groups in total. The molecule has 0 heterocycles. The van der Waals surface area contributed by atoms with Crippen molar-refractivity contribution in [3.05, 3.63) is 0 Å². The second-order valence-electron chi connectivity index (χ2n) is 3.92. The van der Waals surface area contributed by atoms with E-state index in [1.807, 2.05) is 0 Å². The van der Waals surface area contributed by atoms with Gasteiger partial charge in [-0.25, -0.2) is 5.06 Å². The Labute approximate surface area is 72.6 Å². The first-order valence-electron chi connectivity index (χ1n) is 4.53. The molecule has 0 bridgehead atoms. The number of hydrogen-bond donors (Lipinski definition) is 0. The molecule has 0 aromatic heterocycles. The summed E-state index contributed by atoms with van der Waals surface area (Å²) in [6, 6.07) is 0. The van der Waals surface area contributed by atoms with Crippen molar-refractivity contribution in [3.63, 3.8) is 0 Å². The molecule has 0 radical (unpaired) electrons. The zero-order valence-electron chi connectivity index (χ0n) is 7.67. The second-order valence-corrected chi connectivity index (χ2v) is 3.92. The molecule has 3 nitrogen and oxygen atoms in total. The van der Waals surface area contributed by atoms with Crippen molar-refractivity contribution in [1.29, 1.82) is 0 Å². The molecular weight excluding hydrogens is 154 g/mol. The van der Waals surface area contributed by atoms with Crippen molar-refractivity contribution in [3.8, 4) is 0 Å². The van der Waals surface area contributed by atoms with Crippen molar-refractivity contribution in [2.45, 2.75) is 25.7 Å². The van der Waals surface area contributed by atoms with Crippen molar-refractivity contribution in [2.75, 3.05) is 14.2 Å². The number of hydrogen-bond acceptors (Lipinski definition) is 2. The maximum Gasteiger partial charge on any atom is 0.252 e. The highest BCUT2D eigenvalue weighted by Crippen LogP contribution is 2.62. The van der Waals surface area contributed by atoms with Gasteiger partial charge in [0, 0.05) is 7.05 Å². The molecule has 2 aliphatic carbocycles. The zero-order valence-corrected chi connectivity index (χ0v) is 7.67. The molecule has 2 fully saturated rings. The van der Waals surface area contributed by atoms with E-state index in [0.29, 0.717) is 5.92 Å². The van der Waals surface area contributed by atoms with E-state index in [1.54, 1.807) is 14.2 Å². The summed E-state index contributed by atoms with van der Waals surface area (Å²) in [6.07, 6.45) is 4.63. The lowest BCUT2D eigenvalue weighted by Crippen LogP contribution is -2.34. The summed E-state index contributed by atoms with van der Waals surface area (Å²) in [6.45, 7) is 0. The summed E-state index contributed by atoms with van der Waals surface area (Å²) in [4.78, 5) is 16.6. The van der Waals surface area contributed by atoms with Gasteiger partial charge in [-0.05, 0) is 31.6 Å². The van der Waals surface area contributed by atoms with Crippen molar-refractivity contribution in [1.82, 2.24) is 5.06 Å². The maximum atomic E-state index is 11.7. The first-order chi connectivity index (χ1) is 5.70. The minimum absolute atomic E-state index is 0.00472. The summed E-state index contributed by atoms with van der Waals surface area (Å²) in [5.41, 5.74) is 0.00472. The Bertz CT molecular complexity index is 207. The van der Waals surface area contributed by atoms with Crippen molar-refractivity contribution < 1.29 is 9.63 Å². The minimum atomic E-state index is 0.00472. The molecule has 68 valence electrons. The van der Waals surface area contributed by atoms with Crippen LogP contribution in [0.15, 0.2) is 0 Å². The van der Waals surface area contributed by atoms with Gasteiger partial charge in [-0.3, -0.25) is 9.63 Å². The summed E-state index contributed by atoms with van der Waals surface area (Å²) < 4.78 is 0. The lowest BCUT2D eigenvalue weighted by molar-refractivity contribution is -0.176. The Kier molecular flexibility index (Phi) is 1.65. The van der Waals surface area contributed by atoms with E-state index in [1.165, 1.54) is 17.9 Å². The molecule has 0 aromatic rings. The molecular formula is C9H15NO2. The smallest absolute Gasteiger partial charge is 0.252 e. The van der Waals surface area contributed by atoms with E-state index >= 15 is 0 Å². The zero-order chi connectivity index (χ0) is 8.77. The van der Waals surface area contributed by atoms with E-state index in [4.69, 9.17) is 4.84 Å². The van der Waals surface area contributed by atoms with Crippen molar-refractivity contribution in [2.24, 2.45) is 11.3 Å². The van der Waals surface area contributed by atoms with E-state index in [0.717, 1.165) is 12.8 Å². The number of rotatable bonds is 3. The summed E-state index contributed by atoms with van der Waals surface area (Å²) >= 11 is 0. The quantitative estimate of drug-likeness (QED) is 0.594. The Balaban J connectivity index is 2.02. The van der Waals surface area contributed by atoms with Crippen LogP contribution in [0.5, 0.6) is 0 Å². The predicted octanol–water partition coefficient (Wildman–Crippen LogP) is 1.20. The number of hydroxylamine groups is 2. The highest BCUT2D eigenvalue weighted by Gasteiger charge is 2.60. The van der Waals surface area contributed by atoms with Crippen LogP contribution in [0.4, 0.5) is 0 Å². The van der Waals surface area contributed by atoms with Crippen LogP contribution < -0.4 is 0 Å². The highest BCUT2D eigenvalue weighted by atomic mass is 16.7. The van der Waals surface area contributed by atoms with Crippen LogP contribution in [0.1, 0.15) is 25.7 Å². The summed E-state index contributed by atoms with van der Waals surface area (Å²) in [5.74, 6) is 0.857. The first-order valence-corrected chi connectivity index (χ1v) is 4.53. The second kappa shape index (κ2) is 2.46. The summed E-state index contributed by atoms with van der Waals surface area (Å²) in [7, 11) is 3.24. The Morgan fingerprint density at radius 3 is 2.42 bits per heavy atom. The van der Waals surface area contributed by atoms with E-state index < -0.39 is 0 Å². The summed E-state index contributed by atoms with van der Waals surface area (Å²) in [5, 5.41) is 1.38. The van der Waals surface area contributed by atoms with Gasteiger partial charge in [0.15, 0.2) is 0 Å². The van der Waals surface area contributed by atoms with Crippen molar-refractivity contribution >= 4 is 5.91 Å². The van der Waals surface area contributed by atoms with Gasteiger partial charge in [0.25, 0.3) is 5.91 Å². The van der Waals surface area contributed by atoms with E-state index in [2.05, 4.69) is 0 Å². The highest BCUT2D eigenvalue weighted by molar-refractivity contribution is 5.85. The normalized spacial score (nSPS) is 25.2. The lowest BCUT2D eigenvalue weighted by atomic mass is 10.00. The number of amides is 1. The van der Waals surface area contributed by atoms with E-state index in [-0.39, 0.29) is 11.3 Å². The molecule has 0 aliphatic heterocycles. The molecule has 3 heteroatoms. The molecule has 0 unspecified atom stereocenters. The number of carbonyl (C=O) groups is 1. The molecule has 0 saturated heterocycles. The lowest BCUT2D eigenvalue weighted by Gasteiger charge is -2.20. The molecule has 0 aromatic carbocycles. The third-order valence-corrected chi connectivity index (χ3v) is 3.13. The van der Waals surface area contributed by atoms with Gasteiger partial charge < -0.3 is 0 Å². The van der Waals surface area contributed by atoms with Gasteiger partial charge in [0.1, 0.15) is 0 Å². The van der Waals surface area contributed by atoms with Crippen LogP contribution in [-0.2, 0) is 9.63 Å². The van der Waals surface area contributed by atoms with Crippen LogP contribution >= 0.6 is 0 Å². The average Bonchev–Trinajstić information content (AvgIpc) is 2.87. The monoisotopic (exact) mass is 169 g/mol. The molecule has 0 spiro atoms. The Hall–Kier alpha value is -0.570. The average molecular weight is 169 g/mol. The number of carbonyl (C=O) groups excluding carboxylic acids is 1. The van der Waals surface area contributed by atoms with Gasteiger partial charge in [-0.1, -0.05) is 0 Å². The molecule has 2 rings (SSSR count). The molecule has 12 heavy (non-hydrogen) atoms. The van der Waals surface area contributed by atoms with Crippen LogP contribution in [-0.4, -0.2) is 25.1 Å². The fourth-order valence-corrected chi connectivity index (χ4v) is 1.96. The SMILES string of the molecule is CON(C)C(=O)C1(C2CC2)CC1. The fourth-order valence-electron chi connectivity index (χ4n) is 1.96. The third kappa shape index (κ3) is 1.04. The number of nitrogens with zero attached hydrogens (tertiary/aromatic N) is 1. The van der Waals surface area contributed by atoms with E-state index in [9.17, 15) is 4.79 Å². The largest absolute Gasteiger partial charge is 0.275 e. The molecule has 0 atom stereocenters. The van der Waals surface area contributed by atoms with Crippen LogP contribution in [0.2, 0.25) is 0 Å². The van der Waals surface area contributed by atoms with Gasteiger partial charge >= 0.3 is 0 Å². The van der Waals surface area contributed by atoms with Gasteiger partial charge in [-0.2, -0.15) is 0 Å². The maximum absolute atomic E-state index is 11.7.